The van der Waals surface area contributed by atoms with Crippen LogP contribution in [0.4, 0.5) is 5.82 Å². The molecular formula is C33H31BrN6O3. The fraction of sp³-hybridized carbons (Fsp3) is 0.394. The van der Waals surface area contributed by atoms with Crippen LogP contribution in [0.2, 0.25) is 0 Å². The van der Waals surface area contributed by atoms with Crippen molar-refractivity contribution in [1.29, 1.82) is 0 Å². The van der Waals surface area contributed by atoms with Crippen LogP contribution in [0.25, 0.3) is 11.2 Å². The summed E-state index contributed by atoms with van der Waals surface area (Å²) in [5.41, 5.74) is 2.90. The molecule has 8 rings (SSSR count). The summed E-state index contributed by atoms with van der Waals surface area (Å²) >= 11 is 3.60. The third-order valence-electron chi connectivity index (χ3n) is 9.32. The van der Waals surface area contributed by atoms with Gasteiger partial charge in [-0.25, -0.2) is 15.0 Å². The number of rotatable bonds is 5. The number of hydrogen-bond donors (Lipinski definition) is 2. The van der Waals surface area contributed by atoms with Gasteiger partial charge in [-0.2, -0.15) is 0 Å². The van der Waals surface area contributed by atoms with E-state index < -0.39 is 11.2 Å². The minimum atomic E-state index is -0.792. The lowest BCUT2D eigenvalue weighted by Gasteiger charge is -2.24. The fourth-order valence-corrected chi connectivity index (χ4v) is 7.69. The number of nitrogens with zero attached hydrogens (tertiary/aromatic N) is 4. The Morgan fingerprint density at radius 3 is 2.72 bits per heavy atom. The van der Waals surface area contributed by atoms with Gasteiger partial charge in [0.25, 0.3) is 0 Å². The first-order chi connectivity index (χ1) is 20.8. The van der Waals surface area contributed by atoms with Crippen molar-refractivity contribution >= 4 is 38.8 Å². The molecule has 2 aromatic heterocycles. The number of halogens is 1. The number of aromatic nitrogens is 4. The molecule has 0 bridgehead atoms. The van der Waals surface area contributed by atoms with Gasteiger partial charge in [0.05, 0.1) is 17.8 Å². The maximum absolute atomic E-state index is 13.2. The minimum Gasteiger partial charge on any atom is -0.365 e. The molecule has 4 aliphatic rings. The lowest BCUT2D eigenvalue weighted by atomic mass is 9.98. The molecule has 0 radical (unpaired) electrons. The van der Waals surface area contributed by atoms with Crippen molar-refractivity contribution in [2.24, 2.45) is 11.3 Å². The van der Waals surface area contributed by atoms with Gasteiger partial charge < -0.3 is 24.7 Å². The van der Waals surface area contributed by atoms with E-state index >= 15 is 0 Å². The van der Waals surface area contributed by atoms with E-state index in [0.717, 1.165) is 22.9 Å². The van der Waals surface area contributed by atoms with E-state index in [0.29, 0.717) is 28.7 Å². The molecule has 4 aromatic rings. The topological polar surface area (TPSA) is 103 Å². The second kappa shape index (κ2) is 9.61. The first-order valence-corrected chi connectivity index (χ1v) is 15.5. The minimum absolute atomic E-state index is 0.000516. The second-order valence-electron chi connectivity index (χ2n) is 12.4. The Kier molecular flexibility index (Phi) is 5.99. The Bertz CT molecular complexity index is 1830. The first kappa shape index (κ1) is 26.8. The number of amides is 1. The Labute approximate surface area is 257 Å². The van der Waals surface area contributed by atoms with Gasteiger partial charge in [0.1, 0.15) is 12.2 Å². The van der Waals surface area contributed by atoms with Crippen molar-refractivity contribution in [3.8, 4) is 11.8 Å². The molecule has 3 heterocycles. The van der Waals surface area contributed by atoms with Gasteiger partial charge >= 0.3 is 0 Å². The van der Waals surface area contributed by atoms with Crippen molar-refractivity contribution in [1.82, 2.24) is 24.8 Å². The summed E-state index contributed by atoms with van der Waals surface area (Å²) in [6.07, 6.45) is 2.89. The third kappa shape index (κ3) is 4.36. The largest absolute Gasteiger partial charge is 0.365 e. The molecule has 0 spiro atoms. The smallest absolute Gasteiger partial charge is 0.229 e. The molecule has 218 valence electrons. The van der Waals surface area contributed by atoms with Gasteiger partial charge in [-0.15, -0.1) is 0 Å². The second-order valence-corrected chi connectivity index (χ2v) is 13.3. The highest BCUT2D eigenvalue weighted by Gasteiger charge is 2.79. The maximum Gasteiger partial charge on any atom is 0.229 e. The molecule has 7 atom stereocenters. The number of nitrogens with one attached hydrogen (secondary N) is 2. The van der Waals surface area contributed by atoms with Gasteiger partial charge in [0, 0.05) is 35.0 Å². The maximum atomic E-state index is 13.2. The highest BCUT2D eigenvalue weighted by Crippen LogP contribution is 2.71. The van der Waals surface area contributed by atoms with Crippen molar-refractivity contribution in [3.63, 3.8) is 0 Å². The molecule has 3 aliphatic carbocycles. The van der Waals surface area contributed by atoms with Crippen molar-refractivity contribution in [2.45, 2.75) is 62.7 Å². The molecule has 1 saturated heterocycles. The highest BCUT2D eigenvalue weighted by atomic mass is 79.9. The lowest BCUT2D eigenvalue weighted by Crippen LogP contribution is -2.40. The summed E-state index contributed by atoms with van der Waals surface area (Å²) in [6, 6.07) is 18.3. The predicted octanol–water partition coefficient (Wildman–Crippen LogP) is 4.78. The average molecular weight is 640 g/mol. The molecule has 9 nitrogen and oxygen atoms in total. The molecule has 2 aromatic carbocycles. The Balaban J connectivity index is 1.20. The molecule has 3 saturated carbocycles. The highest BCUT2D eigenvalue weighted by molar-refractivity contribution is 9.10. The van der Waals surface area contributed by atoms with Crippen LogP contribution in [0.3, 0.4) is 0 Å². The van der Waals surface area contributed by atoms with E-state index in [-0.39, 0.29) is 36.1 Å². The van der Waals surface area contributed by atoms with Crippen LogP contribution in [-0.4, -0.2) is 56.5 Å². The van der Waals surface area contributed by atoms with Gasteiger partial charge in [0.15, 0.2) is 22.8 Å². The number of benzene rings is 2. The zero-order valence-electron chi connectivity index (χ0n) is 24.0. The molecule has 4 fully saturated rings. The SMILES string of the molecule is CNC(=O)[C@@]12C[C@@H]1[C@@H](n1cnc3c(NC4CC4c4cccc(Br)c4)nc(C#Cc4ccccc4)nc31)[C@H]1OC(C)(C)O[C@H]12. The summed E-state index contributed by atoms with van der Waals surface area (Å²) in [4.78, 5) is 27.8. The Morgan fingerprint density at radius 1 is 1.09 bits per heavy atom. The normalized spacial score (nSPS) is 31.1. The zero-order valence-corrected chi connectivity index (χ0v) is 25.6. The summed E-state index contributed by atoms with van der Waals surface area (Å²) in [6.45, 7) is 3.81. The van der Waals surface area contributed by atoms with Crippen molar-refractivity contribution < 1.29 is 14.3 Å². The monoisotopic (exact) mass is 638 g/mol. The van der Waals surface area contributed by atoms with Crippen LogP contribution in [0.15, 0.2) is 65.4 Å². The van der Waals surface area contributed by atoms with Crippen LogP contribution in [0.5, 0.6) is 0 Å². The van der Waals surface area contributed by atoms with Crippen LogP contribution in [0.1, 0.15) is 55.6 Å². The number of carbonyl (C=O) groups excluding carboxylic acids is 1. The first-order valence-electron chi connectivity index (χ1n) is 14.7. The predicted molar refractivity (Wildman–Crippen MR) is 164 cm³/mol. The molecule has 1 aliphatic heterocycles. The zero-order chi connectivity index (χ0) is 29.5. The quantitative estimate of drug-likeness (QED) is 0.303. The van der Waals surface area contributed by atoms with E-state index in [9.17, 15) is 4.79 Å². The molecule has 10 heteroatoms. The van der Waals surface area contributed by atoms with Gasteiger partial charge in [-0.1, -0.05) is 52.2 Å². The molecule has 2 unspecified atom stereocenters. The Hall–Kier alpha value is -3.78. The summed E-state index contributed by atoms with van der Waals surface area (Å²) in [7, 11) is 1.69. The molecule has 1 amide bonds. The summed E-state index contributed by atoms with van der Waals surface area (Å²) in [5, 5.41) is 6.53. The van der Waals surface area contributed by atoms with Gasteiger partial charge in [-0.05, 0) is 62.4 Å². The van der Waals surface area contributed by atoms with Gasteiger partial charge in [-0.3, -0.25) is 4.79 Å². The number of hydrogen-bond acceptors (Lipinski definition) is 7. The summed E-state index contributed by atoms with van der Waals surface area (Å²) in [5.74, 6) is 7.09. The van der Waals surface area contributed by atoms with Crippen LogP contribution >= 0.6 is 15.9 Å². The number of carbonyl (C=O) groups is 1. The number of imidazole rings is 1. The van der Waals surface area contributed by atoms with Crippen molar-refractivity contribution in [2.75, 3.05) is 12.4 Å². The van der Waals surface area contributed by atoms with E-state index in [4.69, 9.17) is 24.4 Å². The van der Waals surface area contributed by atoms with E-state index in [2.05, 4.69) is 61.2 Å². The standard InChI is InChI=1S/C33H31BrN6O3/c1-32(2)42-27-26(22-16-33(22,28(27)43-32)31(41)35-3)40-17-36-25-29(37-23-15-21(23)19-10-7-11-20(34)14-19)38-24(39-30(25)40)13-12-18-8-5-4-6-9-18/h4-11,14,17,21-23,26-28H,15-16H2,1-3H3,(H,35,41)(H,37,38,39)/t21?,22-,23?,26-,27-,28-,33+/m1/s1. The number of anilines is 1. The van der Waals surface area contributed by atoms with Gasteiger partial charge in [0.2, 0.25) is 11.7 Å². The van der Waals surface area contributed by atoms with Crippen LogP contribution in [-0.2, 0) is 14.3 Å². The van der Waals surface area contributed by atoms with E-state index in [1.165, 1.54) is 5.56 Å². The Morgan fingerprint density at radius 2 is 1.93 bits per heavy atom. The van der Waals surface area contributed by atoms with Crippen LogP contribution in [0, 0.1) is 23.2 Å². The molecule has 2 N–H and O–H groups in total. The summed E-state index contributed by atoms with van der Waals surface area (Å²) < 4.78 is 16.0. The third-order valence-corrected chi connectivity index (χ3v) is 9.81. The van der Waals surface area contributed by atoms with Crippen LogP contribution < -0.4 is 10.6 Å². The molecule has 43 heavy (non-hydrogen) atoms. The van der Waals surface area contributed by atoms with E-state index in [1.807, 2.05) is 56.6 Å². The van der Waals surface area contributed by atoms with E-state index in [1.54, 1.807) is 7.05 Å². The fourth-order valence-electron chi connectivity index (χ4n) is 7.28. The van der Waals surface area contributed by atoms with Crippen molar-refractivity contribution in [3.05, 3.63) is 82.3 Å². The molecular weight excluding hydrogens is 608 g/mol. The number of ether oxygens (including phenoxy) is 2. The lowest BCUT2D eigenvalue weighted by molar-refractivity contribution is -0.164. The number of fused-ring (bicyclic) bond motifs is 4. The average Bonchev–Trinajstić information content (AvgIpc) is 3.83.